The van der Waals surface area contributed by atoms with Crippen LogP contribution in [0.25, 0.3) is 0 Å². The van der Waals surface area contributed by atoms with Gasteiger partial charge in [0, 0.05) is 26.2 Å². The van der Waals surface area contributed by atoms with Crippen LogP contribution in [0.2, 0.25) is 0 Å². The number of nitrogens with zero attached hydrogens (tertiary/aromatic N) is 3. The lowest BCUT2D eigenvalue weighted by atomic mass is 10.5. The van der Waals surface area contributed by atoms with E-state index in [1.165, 1.54) is 0 Å². The monoisotopic (exact) mass is 275 g/mol. The lowest BCUT2D eigenvalue weighted by molar-refractivity contribution is 0.0729. The van der Waals surface area contributed by atoms with E-state index in [-0.39, 0.29) is 0 Å². The molecule has 5 heteroatoms. The van der Waals surface area contributed by atoms with Gasteiger partial charge in [0.25, 0.3) is 0 Å². The molecule has 0 aliphatic heterocycles. The average Bonchev–Trinajstić information content (AvgIpc) is 2.37. The van der Waals surface area contributed by atoms with Crippen molar-refractivity contribution in [1.29, 1.82) is 0 Å². The SMILES string of the molecule is CCN(C)CCOCCN(C)CCOCCN(C)C. The molecule has 0 radical (unpaired) electrons. The van der Waals surface area contributed by atoms with E-state index in [1.54, 1.807) is 0 Å². The van der Waals surface area contributed by atoms with Gasteiger partial charge in [0.1, 0.15) is 0 Å². The van der Waals surface area contributed by atoms with Gasteiger partial charge in [-0.05, 0) is 34.7 Å². The fraction of sp³-hybridized carbons (Fsp3) is 1.00. The molecule has 0 saturated heterocycles. The van der Waals surface area contributed by atoms with E-state index < -0.39 is 0 Å². The summed E-state index contributed by atoms with van der Waals surface area (Å²) in [4.78, 5) is 6.63. The second-order valence-electron chi connectivity index (χ2n) is 5.23. The fourth-order valence-corrected chi connectivity index (χ4v) is 1.38. The van der Waals surface area contributed by atoms with E-state index in [2.05, 4.69) is 49.8 Å². The van der Waals surface area contributed by atoms with E-state index in [4.69, 9.17) is 9.47 Å². The molecule has 0 saturated carbocycles. The molecule has 0 aromatic carbocycles. The maximum Gasteiger partial charge on any atom is 0.0594 e. The summed E-state index contributed by atoms with van der Waals surface area (Å²) in [5.74, 6) is 0. The molecule has 0 aliphatic rings. The molecule has 0 atom stereocenters. The third-order valence-electron chi connectivity index (χ3n) is 3.07. The van der Waals surface area contributed by atoms with Gasteiger partial charge in [-0.25, -0.2) is 0 Å². The molecular formula is C14H33N3O2. The van der Waals surface area contributed by atoms with Crippen molar-refractivity contribution in [3.8, 4) is 0 Å². The van der Waals surface area contributed by atoms with E-state index in [0.29, 0.717) is 0 Å². The minimum absolute atomic E-state index is 0.795. The van der Waals surface area contributed by atoms with Crippen LogP contribution < -0.4 is 0 Å². The van der Waals surface area contributed by atoms with E-state index in [9.17, 15) is 0 Å². The van der Waals surface area contributed by atoms with Crippen LogP contribution >= 0.6 is 0 Å². The van der Waals surface area contributed by atoms with Crippen LogP contribution in [0.3, 0.4) is 0 Å². The first-order valence-electron chi connectivity index (χ1n) is 7.23. The molecule has 0 aromatic rings. The molecule has 0 amide bonds. The van der Waals surface area contributed by atoms with Gasteiger partial charge in [0.05, 0.1) is 26.4 Å². The zero-order valence-corrected chi connectivity index (χ0v) is 13.5. The van der Waals surface area contributed by atoms with Crippen molar-refractivity contribution in [1.82, 2.24) is 14.7 Å². The number of likely N-dealkylation sites (N-methyl/N-ethyl adjacent to an activating group) is 3. The summed E-state index contributed by atoms with van der Waals surface area (Å²) in [6, 6.07) is 0. The molecule has 0 rings (SSSR count). The molecule has 116 valence electrons. The summed E-state index contributed by atoms with van der Waals surface area (Å²) in [6.45, 7) is 10.4. The maximum atomic E-state index is 5.60. The molecule has 0 fully saturated rings. The van der Waals surface area contributed by atoms with Gasteiger partial charge in [-0.15, -0.1) is 0 Å². The standard InChI is InChI=1S/C14H33N3O2/c1-6-16(4)8-12-19-14-10-17(5)9-13-18-11-7-15(2)3/h6-14H2,1-5H3. The number of hydrogen-bond donors (Lipinski definition) is 0. The second-order valence-corrected chi connectivity index (χ2v) is 5.23. The van der Waals surface area contributed by atoms with Crippen molar-refractivity contribution < 1.29 is 9.47 Å². The normalized spacial score (nSPS) is 12.0. The molecule has 0 bridgehead atoms. The molecule has 19 heavy (non-hydrogen) atoms. The summed E-state index contributed by atoms with van der Waals surface area (Å²) in [5.41, 5.74) is 0. The molecule has 0 heterocycles. The minimum atomic E-state index is 0.795. The number of ether oxygens (including phenoxy) is 2. The zero-order chi connectivity index (χ0) is 14.5. The molecule has 0 aromatic heterocycles. The van der Waals surface area contributed by atoms with Crippen LogP contribution in [0.4, 0.5) is 0 Å². The highest BCUT2D eigenvalue weighted by atomic mass is 16.5. The Morgan fingerprint density at radius 2 is 1.05 bits per heavy atom. The van der Waals surface area contributed by atoms with Crippen LogP contribution in [0.1, 0.15) is 6.92 Å². The first-order valence-corrected chi connectivity index (χ1v) is 7.23. The van der Waals surface area contributed by atoms with E-state index in [1.807, 2.05) is 0 Å². The number of rotatable bonds is 13. The van der Waals surface area contributed by atoms with Gasteiger partial charge in [-0.2, -0.15) is 0 Å². The Morgan fingerprint density at radius 1 is 0.632 bits per heavy atom. The smallest absolute Gasteiger partial charge is 0.0594 e. The third kappa shape index (κ3) is 14.0. The lowest BCUT2D eigenvalue weighted by Gasteiger charge is -2.18. The second kappa shape index (κ2) is 12.8. The van der Waals surface area contributed by atoms with Crippen LogP contribution in [0.5, 0.6) is 0 Å². The highest BCUT2D eigenvalue weighted by Gasteiger charge is 1.99. The predicted octanol–water partition coefficient (Wildman–Crippen LogP) is 0.465. The minimum Gasteiger partial charge on any atom is -0.379 e. The van der Waals surface area contributed by atoms with Crippen LogP contribution in [0, 0.1) is 0 Å². The Labute approximate surface area is 119 Å². The van der Waals surface area contributed by atoms with Crippen molar-refractivity contribution in [3.05, 3.63) is 0 Å². The molecule has 0 unspecified atom stereocenters. The van der Waals surface area contributed by atoms with E-state index in [0.717, 1.165) is 59.2 Å². The Kier molecular flexibility index (Phi) is 12.7. The van der Waals surface area contributed by atoms with Gasteiger partial charge in [0.2, 0.25) is 0 Å². The van der Waals surface area contributed by atoms with Crippen molar-refractivity contribution >= 4 is 0 Å². The van der Waals surface area contributed by atoms with E-state index >= 15 is 0 Å². The molecule has 0 N–H and O–H groups in total. The van der Waals surface area contributed by atoms with Gasteiger partial charge in [0.15, 0.2) is 0 Å². The highest BCUT2D eigenvalue weighted by molar-refractivity contribution is 4.51. The van der Waals surface area contributed by atoms with Crippen LogP contribution in [0.15, 0.2) is 0 Å². The van der Waals surface area contributed by atoms with Crippen molar-refractivity contribution in [3.63, 3.8) is 0 Å². The van der Waals surface area contributed by atoms with Gasteiger partial charge < -0.3 is 24.2 Å². The fourth-order valence-electron chi connectivity index (χ4n) is 1.38. The summed E-state index contributed by atoms with van der Waals surface area (Å²) in [7, 11) is 8.34. The predicted molar refractivity (Wildman–Crippen MR) is 80.9 cm³/mol. The summed E-state index contributed by atoms with van der Waals surface area (Å²) in [6.07, 6.45) is 0. The molecule has 0 spiro atoms. The van der Waals surface area contributed by atoms with Crippen molar-refractivity contribution in [2.75, 3.05) is 87.3 Å². The van der Waals surface area contributed by atoms with Gasteiger partial charge >= 0.3 is 0 Å². The van der Waals surface area contributed by atoms with Crippen LogP contribution in [-0.2, 0) is 9.47 Å². The molecule has 0 aliphatic carbocycles. The van der Waals surface area contributed by atoms with Crippen molar-refractivity contribution in [2.45, 2.75) is 6.92 Å². The Balaban J connectivity index is 3.23. The third-order valence-corrected chi connectivity index (χ3v) is 3.07. The maximum absolute atomic E-state index is 5.60. The Hall–Kier alpha value is -0.200. The first kappa shape index (κ1) is 18.8. The first-order chi connectivity index (χ1) is 9.06. The van der Waals surface area contributed by atoms with Crippen molar-refractivity contribution in [2.24, 2.45) is 0 Å². The molecule has 5 nitrogen and oxygen atoms in total. The summed E-state index contributed by atoms with van der Waals surface area (Å²) >= 11 is 0. The number of hydrogen-bond acceptors (Lipinski definition) is 5. The highest BCUT2D eigenvalue weighted by Crippen LogP contribution is 1.87. The lowest BCUT2D eigenvalue weighted by Crippen LogP contribution is -2.29. The quantitative estimate of drug-likeness (QED) is 0.456. The summed E-state index contributed by atoms with van der Waals surface area (Å²) in [5, 5.41) is 0. The summed E-state index contributed by atoms with van der Waals surface area (Å²) < 4.78 is 11.2. The topological polar surface area (TPSA) is 28.2 Å². The van der Waals surface area contributed by atoms with Gasteiger partial charge in [-0.3, -0.25) is 0 Å². The average molecular weight is 275 g/mol. The zero-order valence-electron chi connectivity index (χ0n) is 13.5. The Bertz CT molecular complexity index is 192. The Morgan fingerprint density at radius 3 is 1.47 bits per heavy atom. The van der Waals surface area contributed by atoms with Crippen LogP contribution in [-0.4, -0.2) is 102 Å². The largest absolute Gasteiger partial charge is 0.379 e. The van der Waals surface area contributed by atoms with Gasteiger partial charge in [-0.1, -0.05) is 6.92 Å². The molecular weight excluding hydrogens is 242 g/mol.